The summed E-state index contributed by atoms with van der Waals surface area (Å²) in [5.41, 5.74) is 1.21. The fourth-order valence-electron chi connectivity index (χ4n) is 1.81. The van der Waals surface area contributed by atoms with Crippen LogP contribution in [0.4, 0.5) is 0 Å². The first kappa shape index (κ1) is 13.7. The molecule has 0 aliphatic heterocycles. The number of hydrogen-bond donors (Lipinski definition) is 2. The summed E-state index contributed by atoms with van der Waals surface area (Å²) in [5, 5.41) is 12.4. The van der Waals surface area contributed by atoms with E-state index in [1.54, 1.807) is 6.92 Å². The molecule has 3 atom stereocenters. The fourth-order valence-corrected chi connectivity index (χ4v) is 1.81. The Morgan fingerprint density at radius 3 is 2.35 bits per heavy atom. The number of carboxylic acid groups (broad SMARTS) is 1. The summed E-state index contributed by atoms with van der Waals surface area (Å²) in [4.78, 5) is 10.9. The van der Waals surface area contributed by atoms with Gasteiger partial charge in [-0.25, -0.2) is 0 Å². The minimum Gasteiger partial charge on any atom is -0.481 e. The third-order valence-corrected chi connectivity index (χ3v) is 3.21. The van der Waals surface area contributed by atoms with Crippen LogP contribution in [0.25, 0.3) is 0 Å². The Kier molecular flexibility index (Phi) is 5.16. The Balaban J connectivity index is 2.68. The van der Waals surface area contributed by atoms with E-state index in [4.69, 9.17) is 5.11 Å². The van der Waals surface area contributed by atoms with Gasteiger partial charge in [-0.15, -0.1) is 0 Å². The fraction of sp³-hybridized carbons (Fsp3) is 0.500. The van der Waals surface area contributed by atoms with E-state index in [2.05, 4.69) is 24.4 Å². The van der Waals surface area contributed by atoms with Crippen LogP contribution in [0.15, 0.2) is 30.3 Å². The summed E-state index contributed by atoms with van der Waals surface area (Å²) >= 11 is 0. The molecule has 3 nitrogen and oxygen atoms in total. The van der Waals surface area contributed by atoms with E-state index < -0.39 is 5.97 Å². The zero-order chi connectivity index (χ0) is 12.8. The lowest BCUT2D eigenvalue weighted by atomic mass is 9.99. The normalized spacial score (nSPS) is 16.2. The zero-order valence-electron chi connectivity index (χ0n) is 10.7. The molecule has 0 saturated carbocycles. The smallest absolute Gasteiger partial charge is 0.307 e. The van der Waals surface area contributed by atoms with Crippen molar-refractivity contribution in [1.82, 2.24) is 5.32 Å². The number of carbonyl (C=O) groups is 1. The predicted octanol–water partition coefficient (Wildman–Crippen LogP) is 2.84. The minimum absolute atomic E-state index is 0.0438. The molecule has 0 aliphatic carbocycles. The van der Waals surface area contributed by atoms with E-state index in [0.717, 1.165) is 6.42 Å². The third-order valence-electron chi connectivity index (χ3n) is 3.21. The lowest BCUT2D eigenvalue weighted by Crippen LogP contribution is -2.38. The van der Waals surface area contributed by atoms with Gasteiger partial charge < -0.3 is 10.4 Å². The number of benzene rings is 1. The molecule has 17 heavy (non-hydrogen) atoms. The van der Waals surface area contributed by atoms with Crippen LogP contribution in [0.5, 0.6) is 0 Å². The highest BCUT2D eigenvalue weighted by atomic mass is 16.4. The molecule has 0 amide bonds. The number of aliphatic carboxylic acids is 1. The Bertz CT molecular complexity index is 350. The van der Waals surface area contributed by atoms with Crippen LogP contribution < -0.4 is 5.32 Å². The quantitative estimate of drug-likeness (QED) is 0.797. The van der Waals surface area contributed by atoms with Gasteiger partial charge in [0.15, 0.2) is 0 Å². The van der Waals surface area contributed by atoms with Crippen LogP contribution in [-0.2, 0) is 4.79 Å². The van der Waals surface area contributed by atoms with E-state index >= 15 is 0 Å². The summed E-state index contributed by atoms with van der Waals surface area (Å²) in [6.07, 6.45) is 0.945. The van der Waals surface area contributed by atoms with Crippen LogP contribution in [0.1, 0.15) is 38.8 Å². The second-order valence-corrected chi connectivity index (χ2v) is 4.45. The molecule has 1 aromatic rings. The van der Waals surface area contributed by atoms with Gasteiger partial charge in [0.05, 0.1) is 5.92 Å². The van der Waals surface area contributed by atoms with Crippen molar-refractivity contribution < 1.29 is 9.90 Å². The van der Waals surface area contributed by atoms with Crippen molar-refractivity contribution in [3.8, 4) is 0 Å². The van der Waals surface area contributed by atoms with Crippen molar-refractivity contribution in [2.75, 3.05) is 0 Å². The van der Waals surface area contributed by atoms with Crippen LogP contribution in [0.2, 0.25) is 0 Å². The molecule has 3 heteroatoms. The van der Waals surface area contributed by atoms with E-state index in [-0.39, 0.29) is 18.0 Å². The van der Waals surface area contributed by atoms with Gasteiger partial charge in [0, 0.05) is 12.1 Å². The molecule has 0 bridgehead atoms. The molecule has 0 radical (unpaired) electrons. The van der Waals surface area contributed by atoms with E-state index in [0.29, 0.717) is 0 Å². The minimum atomic E-state index is -0.757. The maximum Gasteiger partial charge on any atom is 0.307 e. The second kappa shape index (κ2) is 6.40. The maximum absolute atomic E-state index is 10.9. The number of carboxylic acids is 1. The maximum atomic E-state index is 10.9. The van der Waals surface area contributed by atoms with Gasteiger partial charge in [-0.05, 0) is 18.9 Å². The Labute approximate surface area is 103 Å². The molecule has 0 saturated heterocycles. The molecule has 0 fully saturated rings. The second-order valence-electron chi connectivity index (χ2n) is 4.45. The summed E-state index contributed by atoms with van der Waals surface area (Å²) in [7, 11) is 0. The lowest BCUT2D eigenvalue weighted by Gasteiger charge is -2.25. The molecule has 0 aromatic heterocycles. The molecule has 2 N–H and O–H groups in total. The van der Waals surface area contributed by atoms with Crippen molar-refractivity contribution in [3.05, 3.63) is 35.9 Å². The Morgan fingerprint density at radius 1 is 1.29 bits per heavy atom. The van der Waals surface area contributed by atoms with Gasteiger partial charge >= 0.3 is 5.97 Å². The SMILES string of the molecule is CCC(NC(C)C(C)C(=O)O)c1ccccc1. The topological polar surface area (TPSA) is 49.3 Å². The standard InChI is InChI=1S/C14H21NO2/c1-4-13(12-8-6-5-7-9-12)15-11(3)10(2)14(16)17/h5-11,13,15H,4H2,1-3H3,(H,16,17). The van der Waals surface area contributed by atoms with E-state index in [1.165, 1.54) is 5.56 Å². The predicted molar refractivity (Wildman–Crippen MR) is 68.9 cm³/mol. The highest BCUT2D eigenvalue weighted by Gasteiger charge is 2.21. The molecular formula is C14H21NO2. The molecule has 94 valence electrons. The number of nitrogens with one attached hydrogen (secondary N) is 1. The van der Waals surface area contributed by atoms with Gasteiger partial charge in [0.1, 0.15) is 0 Å². The summed E-state index contributed by atoms with van der Waals surface area (Å²) in [6, 6.07) is 10.3. The van der Waals surface area contributed by atoms with E-state index in [1.807, 2.05) is 25.1 Å². The number of hydrogen-bond acceptors (Lipinski definition) is 2. The average Bonchev–Trinajstić information content (AvgIpc) is 2.35. The van der Waals surface area contributed by atoms with Gasteiger partial charge in [-0.1, -0.05) is 44.2 Å². The van der Waals surface area contributed by atoms with Crippen molar-refractivity contribution in [1.29, 1.82) is 0 Å². The summed E-state index contributed by atoms with van der Waals surface area (Å²) in [6.45, 7) is 5.75. The van der Waals surface area contributed by atoms with Crippen LogP contribution in [0, 0.1) is 5.92 Å². The molecule has 1 rings (SSSR count). The van der Waals surface area contributed by atoms with Crippen molar-refractivity contribution in [2.45, 2.75) is 39.3 Å². The highest BCUT2D eigenvalue weighted by molar-refractivity contribution is 5.70. The van der Waals surface area contributed by atoms with Gasteiger partial charge in [-0.3, -0.25) is 4.79 Å². The Morgan fingerprint density at radius 2 is 1.88 bits per heavy atom. The molecular weight excluding hydrogens is 214 g/mol. The first-order chi connectivity index (χ1) is 8.06. The molecule has 0 heterocycles. The molecule has 0 aliphatic rings. The van der Waals surface area contributed by atoms with Crippen LogP contribution in [-0.4, -0.2) is 17.1 Å². The van der Waals surface area contributed by atoms with Gasteiger partial charge in [0.25, 0.3) is 0 Å². The van der Waals surface area contributed by atoms with Crippen molar-refractivity contribution in [3.63, 3.8) is 0 Å². The van der Waals surface area contributed by atoms with Crippen LogP contribution >= 0.6 is 0 Å². The monoisotopic (exact) mass is 235 g/mol. The highest BCUT2D eigenvalue weighted by Crippen LogP contribution is 2.18. The first-order valence-electron chi connectivity index (χ1n) is 6.10. The largest absolute Gasteiger partial charge is 0.481 e. The number of rotatable bonds is 6. The lowest BCUT2D eigenvalue weighted by molar-refractivity contribution is -0.142. The van der Waals surface area contributed by atoms with Crippen LogP contribution in [0.3, 0.4) is 0 Å². The van der Waals surface area contributed by atoms with Crippen molar-refractivity contribution >= 4 is 5.97 Å². The zero-order valence-corrected chi connectivity index (χ0v) is 10.7. The molecule has 0 spiro atoms. The Hall–Kier alpha value is -1.35. The molecule has 3 unspecified atom stereocenters. The molecule has 1 aromatic carbocycles. The summed E-state index contributed by atoms with van der Waals surface area (Å²) in [5.74, 6) is -1.14. The van der Waals surface area contributed by atoms with Gasteiger partial charge in [-0.2, -0.15) is 0 Å². The van der Waals surface area contributed by atoms with Gasteiger partial charge in [0.2, 0.25) is 0 Å². The average molecular weight is 235 g/mol. The van der Waals surface area contributed by atoms with Crippen molar-refractivity contribution in [2.24, 2.45) is 5.92 Å². The van der Waals surface area contributed by atoms with E-state index in [9.17, 15) is 4.79 Å². The summed E-state index contributed by atoms with van der Waals surface area (Å²) < 4.78 is 0. The first-order valence-corrected chi connectivity index (χ1v) is 6.10. The third kappa shape index (κ3) is 3.86.